The average molecular weight is 445 g/mol. The van der Waals surface area contributed by atoms with E-state index >= 15 is 0 Å². The quantitative estimate of drug-likeness (QED) is 0.385. The van der Waals surface area contributed by atoms with Gasteiger partial charge in [-0.25, -0.2) is 0 Å². The van der Waals surface area contributed by atoms with Gasteiger partial charge in [0.25, 0.3) is 0 Å². The standard InChI is InChI=1S/C24H40N6O2/c1-8-12-31-22-11-10-19(14-23(22)32-13-9-2)18(3)28-24(25-4)26-16-21(29(5)6)20-15-27-30(7)17-20/h10-11,14-15,17-18,21H,8-9,12-13,16H2,1-7H3,(H2,25,26,28). The lowest BCUT2D eigenvalue weighted by Crippen LogP contribution is -2.42. The van der Waals surface area contributed by atoms with Crippen molar-refractivity contribution in [1.82, 2.24) is 25.3 Å². The molecule has 2 rings (SSSR count). The van der Waals surface area contributed by atoms with E-state index in [1.165, 1.54) is 0 Å². The first-order valence-electron chi connectivity index (χ1n) is 11.4. The molecular weight excluding hydrogens is 404 g/mol. The highest BCUT2D eigenvalue weighted by atomic mass is 16.5. The van der Waals surface area contributed by atoms with Crippen molar-refractivity contribution in [1.29, 1.82) is 0 Å². The van der Waals surface area contributed by atoms with Crippen molar-refractivity contribution in [2.75, 3.05) is 40.9 Å². The molecule has 1 aromatic heterocycles. The average Bonchev–Trinajstić information content (AvgIpc) is 3.21. The highest BCUT2D eigenvalue weighted by Gasteiger charge is 2.18. The summed E-state index contributed by atoms with van der Waals surface area (Å²) < 4.78 is 13.6. The summed E-state index contributed by atoms with van der Waals surface area (Å²) in [5.41, 5.74) is 2.27. The Labute approximate surface area is 193 Å². The van der Waals surface area contributed by atoms with E-state index in [0.29, 0.717) is 19.8 Å². The molecule has 32 heavy (non-hydrogen) atoms. The summed E-state index contributed by atoms with van der Waals surface area (Å²) in [6.45, 7) is 8.36. The van der Waals surface area contributed by atoms with Crippen molar-refractivity contribution in [3.8, 4) is 11.5 Å². The molecule has 8 nitrogen and oxygen atoms in total. The molecule has 178 valence electrons. The van der Waals surface area contributed by atoms with Crippen molar-refractivity contribution in [2.45, 2.75) is 45.7 Å². The van der Waals surface area contributed by atoms with Gasteiger partial charge in [0.15, 0.2) is 17.5 Å². The molecule has 0 radical (unpaired) electrons. The monoisotopic (exact) mass is 444 g/mol. The molecule has 0 fully saturated rings. The molecule has 8 heteroatoms. The van der Waals surface area contributed by atoms with Gasteiger partial charge in [0, 0.05) is 32.4 Å². The molecule has 0 aliphatic carbocycles. The van der Waals surface area contributed by atoms with Crippen LogP contribution in [-0.4, -0.2) is 61.5 Å². The van der Waals surface area contributed by atoms with Crippen molar-refractivity contribution in [3.63, 3.8) is 0 Å². The van der Waals surface area contributed by atoms with E-state index < -0.39 is 0 Å². The van der Waals surface area contributed by atoms with E-state index in [-0.39, 0.29) is 12.1 Å². The van der Waals surface area contributed by atoms with Crippen LogP contribution in [0.15, 0.2) is 35.6 Å². The second kappa shape index (κ2) is 13.0. The third-order valence-electron chi connectivity index (χ3n) is 5.16. The molecule has 0 bridgehead atoms. The van der Waals surface area contributed by atoms with Crippen LogP contribution in [0.2, 0.25) is 0 Å². The number of likely N-dealkylation sites (N-methyl/N-ethyl adjacent to an activating group) is 1. The van der Waals surface area contributed by atoms with Gasteiger partial charge in [0.05, 0.1) is 31.5 Å². The van der Waals surface area contributed by atoms with Gasteiger partial charge < -0.3 is 25.0 Å². The first kappa shape index (κ1) is 25.5. The Hall–Kier alpha value is -2.74. The lowest BCUT2D eigenvalue weighted by atomic mass is 10.1. The van der Waals surface area contributed by atoms with Gasteiger partial charge in [-0.2, -0.15) is 5.10 Å². The first-order valence-corrected chi connectivity index (χ1v) is 11.4. The maximum atomic E-state index is 5.95. The summed E-state index contributed by atoms with van der Waals surface area (Å²) in [4.78, 5) is 6.59. The Morgan fingerprint density at radius 1 is 1.12 bits per heavy atom. The molecule has 0 saturated carbocycles. The molecule has 2 aromatic rings. The normalized spacial score (nSPS) is 13.7. The number of guanidine groups is 1. The summed E-state index contributed by atoms with van der Waals surface area (Å²) in [5.74, 6) is 2.33. The Bertz CT molecular complexity index is 849. The molecular formula is C24H40N6O2. The predicted octanol–water partition coefficient (Wildman–Crippen LogP) is 3.53. The largest absolute Gasteiger partial charge is 0.490 e. The fraction of sp³-hybridized carbons (Fsp3) is 0.583. The molecule has 2 unspecified atom stereocenters. The number of aliphatic imine (C=N–C) groups is 1. The van der Waals surface area contributed by atoms with Crippen LogP contribution >= 0.6 is 0 Å². The Morgan fingerprint density at radius 3 is 2.38 bits per heavy atom. The third-order valence-corrected chi connectivity index (χ3v) is 5.16. The Balaban J connectivity index is 2.05. The number of aryl methyl sites for hydroxylation is 1. The molecule has 0 amide bonds. The SMILES string of the molecule is CCCOc1ccc(C(C)NC(=NC)NCC(c2cnn(C)c2)N(C)C)cc1OCCC. The number of benzene rings is 1. The highest BCUT2D eigenvalue weighted by Crippen LogP contribution is 2.31. The Kier molecular flexibility index (Phi) is 10.3. The van der Waals surface area contributed by atoms with Gasteiger partial charge in [-0.3, -0.25) is 9.67 Å². The number of rotatable bonds is 12. The zero-order valence-electron chi connectivity index (χ0n) is 20.7. The summed E-state index contributed by atoms with van der Waals surface area (Å²) in [5, 5.41) is 11.2. The van der Waals surface area contributed by atoms with Crippen molar-refractivity contribution >= 4 is 5.96 Å². The maximum Gasteiger partial charge on any atom is 0.191 e. The number of nitrogens with zero attached hydrogens (tertiary/aromatic N) is 4. The van der Waals surface area contributed by atoms with Crippen LogP contribution in [0, 0.1) is 0 Å². The zero-order valence-corrected chi connectivity index (χ0v) is 20.7. The molecule has 2 N–H and O–H groups in total. The van der Waals surface area contributed by atoms with E-state index in [2.05, 4.69) is 72.6 Å². The van der Waals surface area contributed by atoms with Crippen LogP contribution in [0.3, 0.4) is 0 Å². The van der Waals surface area contributed by atoms with Crippen molar-refractivity contribution in [3.05, 3.63) is 41.7 Å². The minimum atomic E-state index is 0.0431. The molecule has 0 saturated heterocycles. The van der Waals surface area contributed by atoms with Gasteiger partial charge in [0.2, 0.25) is 0 Å². The van der Waals surface area contributed by atoms with Crippen LogP contribution < -0.4 is 20.1 Å². The van der Waals surface area contributed by atoms with Crippen LogP contribution in [0.1, 0.15) is 56.8 Å². The highest BCUT2D eigenvalue weighted by molar-refractivity contribution is 5.80. The second-order valence-corrected chi connectivity index (χ2v) is 8.15. The molecule has 2 atom stereocenters. The maximum absolute atomic E-state index is 5.95. The molecule has 1 aromatic carbocycles. The molecule has 0 aliphatic rings. The van der Waals surface area contributed by atoms with Gasteiger partial charge in [-0.05, 0) is 51.6 Å². The fourth-order valence-electron chi connectivity index (χ4n) is 3.34. The predicted molar refractivity (Wildman–Crippen MR) is 131 cm³/mol. The van der Waals surface area contributed by atoms with E-state index in [0.717, 1.165) is 41.4 Å². The number of hydrogen-bond donors (Lipinski definition) is 2. The number of hydrogen-bond acceptors (Lipinski definition) is 5. The van der Waals surface area contributed by atoms with Gasteiger partial charge in [-0.1, -0.05) is 19.9 Å². The molecule has 1 heterocycles. The lowest BCUT2D eigenvalue weighted by molar-refractivity contribution is 0.268. The summed E-state index contributed by atoms with van der Waals surface area (Å²) >= 11 is 0. The molecule has 0 spiro atoms. The van der Waals surface area contributed by atoms with Crippen LogP contribution in [0.25, 0.3) is 0 Å². The van der Waals surface area contributed by atoms with Gasteiger partial charge >= 0.3 is 0 Å². The lowest BCUT2D eigenvalue weighted by Gasteiger charge is -2.26. The van der Waals surface area contributed by atoms with E-state index in [9.17, 15) is 0 Å². The molecule has 0 aliphatic heterocycles. The van der Waals surface area contributed by atoms with Gasteiger partial charge in [-0.15, -0.1) is 0 Å². The van der Waals surface area contributed by atoms with Crippen LogP contribution in [0.5, 0.6) is 11.5 Å². The van der Waals surface area contributed by atoms with E-state index in [1.54, 1.807) is 7.05 Å². The fourth-order valence-corrected chi connectivity index (χ4v) is 3.34. The van der Waals surface area contributed by atoms with Crippen LogP contribution in [-0.2, 0) is 7.05 Å². The summed E-state index contributed by atoms with van der Waals surface area (Å²) in [6, 6.07) is 6.36. The van der Waals surface area contributed by atoms with E-state index in [4.69, 9.17) is 9.47 Å². The topological polar surface area (TPSA) is 75.9 Å². The van der Waals surface area contributed by atoms with Crippen molar-refractivity contribution in [2.24, 2.45) is 12.0 Å². The minimum Gasteiger partial charge on any atom is -0.490 e. The van der Waals surface area contributed by atoms with E-state index in [1.807, 2.05) is 30.2 Å². The number of nitrogens with one attached hydrogen (secondary N) is 2. The summed E-state index contributed by atoms with van der Waals surface area (Å²) in [6.07, 6.45) is 5.87. The Morgan fingerprint density at radius 2 is 1.81 bits per heavy atom. The second-order valence-electron chi connectivity index (χ2n) is 8.15. The van der Waals surface area contributed by atoms with Gasteiger partial charge in [0.1, 0.15) is 0 Å². The van der Waals surface area contributed by atoms with Crippen LogP contribution in [0.4, 0.5) is 0 Å². The number of aromatic nitrogens is 2. The third kappa shape index (κ3) is 7.44. The summed E-state index contributed by atoms with van der Waals surface area (Å²) in [7, 11) is 7.85. The first-order chi connectivity index (χ1) is 15.4. The number of ether oxygens (including phenoxy) is 2. The zero-order chi connectivity index (χ0) is 23.5. The smallest absolute Gasteiger partial charge is 0.191 e. The van der Waals surface area contributed by atoms with Crippen molar-refractivity contribution < 1.29 is 9.47 Å². The minimum absolute atomic E-state index is 0.0431.